The summed E-state index contributed by atoms with van der Waals surface area (Å²) in [5.74, 6) is -0.0143. The molecule has 2 aromatic carbocycles. The molecule has 0 spiro atoms. The number of carbonyl (C=O) groups is 1. The van der Waals surface area contributed by atoms with Gasteiger partial charge in [-0.05, 0) is 37.6 Å². The number of hydrogen-bond acceptors (Lipinski definition) is 1. The normalized spacial score (nSPS) is 12.0. The van der Waals surface area contributed by atoms with Crippen molar-refractivity contribution in [2.75, 3.05) is 11.9 Å². The molecule has 0 radical (unpaired) electrons. The van der Waals surface area contributed by atoms with Gasteiger partial charge in [-0.3, -0.25) is 4.79 Å². The standard InChI is InChI=1S/C17H19ClN2O/c1-12-6-5-7-14(10-12)20-17(21)11-19-13(2)15-8-3-4-9-16(15)18/h3-10,13,19H,11H2,1-2H3,(H,20,21)/p+1/t13-/m0/s1. The fourth-order valence-electron chi connectivity index (χ4n) is 2.19. The highest BCUT2D eigenvalue weighted by atomic mass is 35.5. The van der Waals surface area contributed by atoms with Crippen LogP contribution >= 0.6 is 11.6 Å². The molecule has 3 N–H and O–H groups in total. The molecule has 0 heterocycles. The predicted molar refractivity (Wildman–Crippen MR) is 86.5 cm³/mol. The summed E-state index contributed by atoms with van der Waals surface area (Å²) in [7, 11) is 0. The van der Waals surface area contributed by atoms with Crippen LogP contribution in [0.15, 0.2) is 48.5 Å². The van der Waals surface area contributed by atoms with Crippen LogP contribution in [0.25, 0.3) is 0 Å². The number of rotatable bonds is 5. The second-order valence-electron chi connectivity index (χ2n) is 5.17. The Kier molecular flexibility index (Phi) is 5.37. The van der Waals surface area contributed by atoms with Gasteiger partial charge in [-0.2, -0.15) is 0 Å². The van der Waals surface area contributed by atoms with Crippen LogP contribution in [0.3, 0.4) is 0 Å². The van der Waals surface area contributed by atoms with Crippen LogP contribution in [0.4, 0.5) is 5.69 Å². The van der Waals surface area contributed by atoms with Crippen LogP contribution in [0.2, 0.25) is 5.02 Å². The zero-order valence-electron chi connectivity index (χ0n) is 12.3. The van der Waals surface area contributed by atoms with Gasteiger partial charge in [-0.25, -0.2) is 0 Å². The fraction of sp³-hybridized carbons (Fsp3) is 0.235. The Hall–Kier alpha value is -1.84. The number of carbonyl (C=O) groups excluding carboxylic acids is 1. The second-order valence-corrected chi connectivity index (χ2v) is 5.57. The van der Waals surface area contributed by atoms with Crippen molar-refractivity contribution in [2.24, 2.45) is 0 Å². The summed E-state index contributed by atoms with van der Waals surface area (Å²) >= 11 is 6.16. The van der Waals surface area contributed by atoms with Crippen LogP contribution in [0, 0.1) is 6.92 Å². The van der Waals surface area contributed by atoms with Gasteiger partial charge >= 0.3 is 0 Å². The van der Waals surface area contributed by atoms with Crippen molar-refractivity contribution in [1.82, 2.24) is 0 Å². The number of aryl methyl sites for hydroxylation is 1. The van der Waals surface area contributed by atoms with E-state index in [0.717, 1.165) is 21.8 Å². The average Bonchev–Trinajstić information content (AvgIpc) is 2.45. The van der Waals surface area contributed by atoms with Crippen molar-refractivity contribution >= 4 is 23.2 Å². The van der Waals surface area contributed by atoms with Crippen molar-refractivity contribution in [2.45, 2.75) is 19.9 Å². The molecule has 3 nitrogen and oxygen atoms in total. The molecule has 4 heteroatoms. The lowest BCUT2D eigenvalue weighted by Gasteiger charge is -2.12. The summed E-state index contributed by atoms with van der Waals surface area (Å²) < 4.78 is 0. The van der Waals surface area contributed by atoms with Crippen LogP contribution in [0.5, 0.6) is 0 Å². The molecular weight excluding hydrogens is 284 g/mol. The third kappa shape index (κ3) is 4.59. The highest BCUT2D eigenvalue weighted by Crippen LogP contribution is 2.19. The molecule has 0 aliphatic carbocycles. The molecule has 110 valence electrons. The van der Waals surface area contributed by atoms with E-state index >= 15 is 0 Å². The maximum Gasteiger partial charge on any atom is 0.279 e. The Balaban J connectivity index is 1.88. The van der Waals surface area contributed by atoms with Crippen molar-refractivity contribution in [3.63, 3.8) is 0 Å². The van der Waals surface area contributed by atoms with Crippen molar-refractivity contribution < 1.29 is 10.1 Å². The third-order valence-electron chi connectivity index (χ3n) is 3.35. The molecule has 21 heavy (non-hydrogen) atoms. The first-order valence-electron chi connectivity index (χ1n) is 7.00. The maximum absolute atomic E-state index is 12.0. The maximum atomic E-state index is 12.0. The van der Waals surface area contributed by atoms with Crippen LogP contribution in [0.1, 0.15) is 24.1 Å². The molecule has 0 unspecified atom stereocenters. The number of halogens is 1. The first kappa shape index (κ1) is 15.5. The summed E-state index contributed by atoms with van der Waals surface area (Å²) in [6.45, 7) is 4.41. The van der Waals surface area contributed by atoms with Crippen LogP contribution < -0.4 is 10.6 Å². The molecule has 1 atom stereocenters. The van der Waals surface area contributed by atoms with Crippen molar-refractivity contribution in [3.8, 4) is 0 Å². The SMILES string of the molecule is Cc1cccc(NC(=O)C[NH2+][C@@H](C)c2ccccc2Cl)c1. The highest BCUT2D eigenvalue weighted by molar-refractivity contribution is 6.31. The lowest BCUT2D eigenvalue weighted by molar-refractivity contribution is -0.682. The molecular formula is C17H20ClN2O+. The quantitative estimate of drug-likeness (QED) is 0.876. The number of amides is 1. The van der Waals surface area contributed by atoms with Crippen LogP contribution in [-0.4, -0.2) is 12.5 Å². The molecule has 1 amide bonds. The van der Waals surface area contributed by atoms with Crippen LogP contribution in [-0.2, 0) is 4.79 Å². The summed E-state index contributed by atoms with van der Waals surface area (Å²) in [4.78, 5) is 12.0. The number of nitrogens with two attached hydrogens (primary N) is 1. The minimum Gasteiger partial charge on any atom is -0.332 e. The summed E-state index contributed by atoms with van der Waals surface area (Å²) in [5, 5.41) is 5.62. The molecule has 0 fully saturated rings. The topological polar surface area (TPSA) is 45.7 Å². The number of quaternary nitrogens is 1. The largest absolute Gasteiger partial charge is 0.332 e. The molecule has 0 saturated heterocycles. The highest BCUT2D eigenvalue weighted by Gasteiger charge is 2.14. The van der Waals surface area contributed by atoms with E-state index in [9.17, 15) is 4.79 Å². The van der Waals surface area contributed by atoms with E-state index in [-0.39, 0.29) is 11.9 Å². The van der Waals surface area contributed by atoms with E-state index in [4.69, 9.17) is 11.6 Å². The lowest BCUT2D eigenvalue weighted by atomic mass is 10.1. The first-order valence-corrected chi connectivity index (χ1v) is 7.38. The Morgan fingerprint density at radius 2 is 2.00 bits per heavy atom. The Morgan fingerprint density at radius 1 is 1.24 bits per heavy atom. The van der Waals surface area contributed by atoms with Gasteiger partial charge in [0.2, 0.25) is 0 Å². The van der Waals surface area contributed by atoms with Gasteiger partial charge < -0.3 is 10.6 Å². The number of hydrogen-bond donors (Lipinski definition) is 2. The van der Waals surface area contributed by atoms with E-state index in [2.05, 4.69) is 5.32 Å². The molecule has 0 aliphatic heterocycles. The number of anilines is 1. The lowest BCUT2D eigenvalue weighted by Crippen LogP contribution is -2.86. The third-order valence-corrected chi connectivity index (χ3v) is 3.70. The van der Waals surface area contributed by atoms with Gasteiger partial charge in [0.05, 0.1) is 0 Å². The van der Waals surface area contributed by atoms with Gasteiger partial charge in [0, 0.05) is 16.3 Å². The average molecular weight is 304 g/mol. The Labute approximate surface area is 130 Å². The van der Waals surface area contributed by atoms with E-state index in [1.807, 2.05) is 67.7 Å². The minimum absolute atomic E-state index is 0.0143. The smallest absolute Gasteiger partial charge is 0.279 e. The van der Waals surface area contributed by atoms with E-state index in [0.29, 0.717) is 6.54 Å². The van der Waals surface area contributed by atoms with Gasteiger partial charge in [0.25, 0.3) is 5.91 Å². The van der Waals surface area contributed by atoms with E-state index < -0.39 is 0 Å². The van der Waals surface area contributed by atoms with Gasteiger partial charge in [0.15, 0.2) is 6.54 Å². The molecule has 0 saturated carbocycles. The molecule has 0 aliphatic rings. The van der Waals surface area contributed by atoms with Crippen molar-refractivity contribution in [3.05, 3.63) is 64.7 Å². The number of benzene rings is 2. The zero-order valence-corrected chi connectivity index (χ0v) is 13.0. The Morgan fingerprint density at radius 3 is 2.71 bits per heavy atom. The fourth-order valence-corrected chi connectivity index (χ4v) is 2.50. The van der Waals surface area contributed by atoms with E-state index in [1.54, 1.807) is 0 Å². The first-order chi connectivity index (χ1) is 10.1. The Bertz CT molecular complexity index is 628. The molecule has 2 aromatic rings. The molecule has 0 aromatic heterocycles. The molecule has 2 rings (SSSR count). The molecule has 0 bridgehead atoms. The van der Waals surface area contributed by atoms with Gasteiger partial charge in [-0.1, -0.05) is 41.9 Å². The number of nitrogens with one attached hydrogen (secondary N) is 1. The summed E-state index contributed by atoms with van der Waals surface area (Å²) in [6, 6.07) is 15.6. The van der Waals surface area contributed by atoms with Gasteiger partial charge in [0.1, 0.15) is 6.04 Å². The summed E-state index contributed by atoms with van der Waals surface area (Å²) in [5.41, 5.74) is 3.00. The monoisotopic (exact) mass is 303 g/mol. The minimum atomic E-state index is -0.0143. The van der Waals surface area contributed by atoms with Gasteiger partial charge in [-0.15, -0.1) is 0 Å². The second kappa shape index (κ2) is 7.25. The summed E-state index contributed by atoms with van der Waals surface area (Å²) in [6.07, 6.45) is 0. The van der Waals surface area contributed by atoms with Crippen molar-refractivity contribution in [1.29, 1.82) is 0 Å². The van der Waals surface area contributed by atoms with E-state index in [1.165, 1.54) is 0 Å². The zero-order chi connectivity index (χ0) is 15.2. The predicted octanol–water partition coefficient (Wildman–Crippen LogP) is 2.91.